The van der Waals surface area contributed by atoms with Gasteiger partial charge in [0, 0.05) is 6.42 Å². The van der Waals surface area contributed by atoms with E-state index < -0.39 is 49.5 Å². The largest absolute Gasteiger partial charge is 0.394 e. The summed E-state index contributed by atoms with van der Waals surface area (Å²) in [6, 6.07) is -0.831. The third-order valence-electron chi connectivity index (χ3n) is 10.6. The molecule has 1 aliphatic heterocycles. The van der Waals surface area contributed by atoms with E-state index in [1.807, 2.05) is 6.08 Å². The molecule has 0 bridgehead atoms. The van der Waals surface area contributed by atoms with Crippen LogP contribution in [0.2, 0.25) is 0 Å². The van der Waals surface area contributed by atoms with E-state index in [0.717, 1.165) is 70.6 Å². The SMILES string of the molecule is CCCCC/C=C\CCCCCCCC(=O)NC(COC1OC(CO)C(O)C(O)C1O)C(O)/C=C/CC/C=C/CC/C=C/CCCCCCCCCCCCC. The number of carbonyl (C=O) groups is 1. The highest BCUT2D eigenvalue weighted by atomic mass is 16.7. The Morgan fingerprint density at radius 2 is 1.02 bits per heavy atom. The lowest BCUT2D eigenvalue weighted by Gasteiger charge is -2.40. The lowest BCUT2D eigenvalue weighted by molar-refractivity contribution is -0.302. The highest BCUT2D eigenvalue weighted by Crippen LogP contribution is 2.22. The van der Waals surface area contributed by atoms with Gasteiger partial charge in [-0.15, -0.1) is 0 Å². The summed E-state index contributed by atoms with van der Waals surface area (Å²) >= 11 is 0. The van der Waals surface area contributed by atoms with Crippen LogP contribution in [0.4, 0.5) is 0 Å². The summed E-state index contributed by atoms with van der Waals surface area (Å²) in [5.74, 6) is -0.203. The van der Waals surface area contributed by atoms with Crippen LogP contribution in [-0.4, -0.2) is 87.5 Å². The van der Waals surface area contributed by atoms with Crippen LogP contribution < -0.4 is 5.32 Å². The van der Waals surface area contributed by atoms with Crippen molar-refractivity contribution in [1.29, 1.82) is 0 Å². The summed E-state index contributed by atoms with van der Waals surface area (Å²) < 4.78 is 11.2. The lowest BCUT2D eigenvalue weighted by Crippen LogP contribution is -2.60. The Labute approximate surface area is 342 Å². The first-order valence-corrected chi connectivity index (χ1v) is 22.9. The topological polar surface area (TPSA) is 149 Å². The number of nitrogens with one attached hydrogen (secondary N) is 1. The third-order valence-corrected chi connectivity index (χ3v) is 10.6. The first kappa shape index (κ1) is 52.2. The van der Waals surface area contributed by atoms with E-state index in [9.17, 15) is 30.3 Å². The standard InChI is InChI=1S/C47H85NO8/c1-3-5-7-9-11-13-15-17-18-19-20-21-22-23-24-25-26-28-30-32-34-36-41(50)40(39-55-47-46(54)45(53)44(52)42(38-49)56-47)48-43(51)37-35-33-31-29-27-16-14-12-10-8-6-4-2/h12,14,22-23,26,28,34,36,40-42,44-47,49-50,52-54H,3-11,13,15-21,24-25,27,29-33,35,37-39H2,1-2H3,(H,48,51)/b14-12-,23-22+,28-26+,36-34+. The molecule has 1 aliphatic rings. The van der Waals surface area contributed by atoms with Crippen molar-refractivity contribution in [2.24, 2.45) is 0 Å². The molecule has 1 saturated heterocycles. The molecule has 7 unspecified atom stereocenters. The molecule has 1 rings (SSSR count). The number of rotatable bonds is 37. The summed E-state index contributed by atoms with van der Waals surface area (Å²) in [6.45, 7) is 3.71. The Bertz CT molecular complexity index is 1010. The van der Waals surface area contributed by atoms with Crippen LogP contribution in [0.5, 0.6) is 0 Å². The van der Waals surface area contributed by atoms with Crippen LogP contribution in [0.1, 0.15) is 187 Å². The minimum Gasteiger partial charge on any atom is -0.394 e. The Balaban J connectivity index is 2.39. The normalized spacial score (nSPS) is 21.6. The summed E-state index contributed by atoms with van der Waals surface area (Å²) in [4.78, 5) is 12.9. The molecule has 9 nitrogen and oxygen atoms in total. The molecular formula is C47H85NO8. The maximum Gasteiger partial charge on any atom is 0.220 e. The van der Waals surface area contributed by atoms with Crippen LogP contribution in [-0.2, 0) is 14.3 Å². The first-order chi connectivity index (χ1) is 27.3. The van der Waals surface area contributed by atoms with Gasteiger partial charge in [-0.25, -0.2) is 0 Å². The van der Waals surface area contributed by atoms with Gasteiger partial charge in [0.25, 0.3) is 0 Å². The smallest absolute Gasteiger partial charge is 0.220 e. The molecule has 0 spiro atoms. The molecule has 0 aromatic carbocycles. The van der Waals surface area contributed by atoms with Gasteiger partial charge in [-0.2, -0.15) is 0 Å². The maximum absolute atomic E-state index is 12.9. The van der Waals surface area contributed by atoms with E-state index in [0.29, 0.717) is 6.42 Å². The molecule has 0 aromatic heterocycles. The molecule has 0 radical (unpaired) electrons. The van der Waals surface area contributed by atoms with Crippen LogP contribution >= 0.6 is 0 Å². The second-order valence-electron chi connectivity index (χ2n) is 15.8. The van der Waals surface area contributed by atoms with Crippen molar-refractivity contribution in [2.45, 2.75) is 230 Å². The van der Waals surface area contributed by atoms with E-state index >= 15 is 0 Å². The zero-order valence-corrected chi connectivity index (χ0v) is 35.6. The molecule has 6 N–H and O–H groups in total. The molecule has 1 heterocycles. The predicted octanol–water partition coefficient (Wildman–Crippen LogP) is 9.45. The number of amides is 1. The second kappa shape index (κ2) is 37.4. The average Bonchev–Trinajstić information content (AvgIpc) is 3.20. The van der Waals surface area contributed by atoms with Crippen LogP contribution in [0.25, 0.3) is 0 Å². The molecule has 326 valence electrons. The minimum absolute atomic E-state index is 0.203. The highest BCUT2D eigenvalue weighted by Gasteiger charge is 2.44. The molecule has 1 fully saturated rings. The fourth-order valence-corrected chi connectivity index (χ4v) is 6.89. The Kier molecular flexibility index (Phi) is 34.9. The average molecular weight is 792 g/mol. The monoisotopic (exact) mass is 792 g/mol. The summed E-state index contributed by atoms with van der Waals surface area (Å²) in [5.41, 5.74) is 0. The fraction of sp³-hybridized carbons (Fsp3) is 0.809. The van der Waals surface area contributed by atoms with Crippen LogP contribution in [0.3, 0.4) is 0 Å². The fourth-order valence-electron chi connectivity index (χ4n) is 6.89. The van der Waals surface area contributed by atoms with Gasteiger partial charge in [0.1, 0.15) is 24.4 Å². The predicted molar refractivity (Wildman–Crippen MR) is 230 cm³/mol. The molecule has 0 saturated carbocycles. The number of hydrogen-bond donors (Lipinski definition) is 6. The van der Waals surface area contributed by atoms with E-state index in [-0.39, 0.29) is 12.5 Å². The first-order valence-electron chi connectivity index (χ1n) is 22.9. The maximum atomic E-state index is 12.9. The molecule has 0 aliphatic carbocycles. The molecule has 56 heavy (non-hydrogen) atoms. The van der Waals surface area contributed by atoms with Crippen molar-refractivity contribution in [2.75, 3.05) is 13.2 Å². The van der Waals surface area contributed by atoms with Gasteiger partial charge in [-0.3, -0.25) is 4.79 Å². The van der Waals surface area contributed by atoms with Crippen molar-refractivity contribution in [1.82, 2.24) is 5.32 Å². The van der Waals surface area contributed by atoms with Gasteiger partial charge in [0.15, 0.2) is 6.29 Å². The van der Waals surface area contributed by atoms with E-state index in [1.54, 1.807) is 6.08 Å². The summed E-state index contributed by atoms with van der Waals surface area (Å²) in [6.07, 6.45) is 40.2. The van der Waals surface area contributed by atoms with Crippen molar-refractivity contribution < 1.29 is 39.8 Å². The lowest BCUT2D eigenvalue weighted by atomic mass is 9.99. The number of aliphatic hydroxyl groups excluding tert-OH is 5. The molecule has 7 atom stereocenters. The second-order valence-corrected chi connectivity index (χ2v) is 15.8. The van der Waals surface area contributed by atoms with Gasteiger partial charge >= 0.3 is 0 Å². The molecule has 1 amide bonds. The number of unbranched alkanes of at least 4 members (excludes halogenated alkanes) is 21. The Morgan fingerprint density at radius 1 is 0.589 bits per heavy atom. The van der Waals surface area contributed by atoms with Crippen LogP contribution in [0, 0.1) is 0 Å². The summed E-state index contributed by atoms with van der Waals surface area (Å²) in [7, 11) is 0. The molecule has 0 aromatic rings. The van der Waals surface area contributed by atoms with Gasteiger partial charge in [0.2, 0.25) is 5.91 Å². The molecule has 9 heteroatoms. The number of carbonyl (C=O) groups excluding carboxylic acids is 1. The third kappa shape index (κ3) is 27.7. The Morgan fingerprint density at radius 3 is 1.54 bits per heavy atom. The Hall–Kier alpha value is -1.85. The number of hydrogen-bond acceptors (Lipinski definition) is 8. The van der Waals surface area contributed by atoms with Crippen molar-refractivity contribution in [3.05, 3.63) is 48.6 Å². The van der Waals surface area contributed by atoms with E-state index in [1.165, 1.54) is 96.3 Å². The van der Waals surface area contributed by atoms with Crippen molar-refractivity contribution in [3.8, 4) is 0 Å². The minimum atomic E-state index is -1.58. The number of allylic oxidation sites excluding steroid dienone is 7. The zero-order valence-electron chi connectivity index (χ0n) is 35.6. The molecular weight excluding hydrogens is 707 g/mol. The van der Waals surface area contributed by atoms with E-state index in [4.69, 9.17) is 9.47 Å². The van der Waals surface area contributed by atoms with Crippen molar-refractivity contribution in [3.63, 3.8) is 0 Å². The van der Waals surface area contributed by atoms with Crippen molar-refractivity contribution >= 4 is 5.91 Å². The van der Waals surface area contributed by atoms with Gasteiger partial charge in [0.05, 0.1) is 25.4 Å². The van der Waals surface area contributed by atoms with Crippen LogP contribution in [0.15, 0.2) is 48.6 Å². The highest BCUT2D eigenvalue weighted by molar-refractivity contribution is 5.76. The quantitative estimate of drug-likeness (QED) is 0.0269. The van der Waals surface area contributed by atoms with Gasteiger partial charge in [-0.05, 0) is 70.6 Å². The number of ether oxygens (including phenoxy) is 2. The number of aliphatic hydroxyl groups is 5. The summed E-state index contributed by atoms with van der Waals surface area (Å²) in [5, 5.41) is 54.1. The van der Waals surface area contributed by atoms with Gasteiger partial charge < -0.3 is 40.3 Å². The van der Waals surface area contributed by atoms with E-state index in [2.05, 4.69) is 55.6 Å². The van der Waals surface area contributed by atoms with Gasteiger partial charge in [-0.1, -0.05) is 159 Å². The zero-order chi connectivity index (χ0) is 40.9.